The zero-order valence-electron chi connectivity index (χ0n) is 16.9. The molecule has 3 rings (SSSR count). The second kappa shape index (κ2) is 10.3. The fourth-order valence-corrected chi connectivity index (χ4v) is 3.75. The number of fused-ring (bicyclic) bond motifs is 1. The van der Waals surface area contributed by atoms with E-state index >= 15 is 0 Å². The predicted octanol–water partition coefficient (Wildman–Crippen LogP) is 4.42. The lowest BCUT2D eigenvalue weighted by molar-refractivity contribution is -0.153. The quantitative estimate of drug-likeness (QED) is 0.398. The van der Waals surface area contributed by atoms with Crippen molar-refractivity contribution in [2.75, 3.05) is 13.7 Å². The minimum absolute atomic E-state index is 0.0165. The fourth-order valence-electron chi connectivity index (χ4n) is 2.74. The van der Waals surface area contributed by atoms with Crippen LogP contribution in [0.15, 0.2) is 29.6 Å². The number of imidazole rings is 1. The van der Waals surface area contributed by atoms with E-state index in [-0.39, 0.29) is 33.4 Å². The van der Waals surface area contributed by atoms with Gasteiger partial charge in [-0.2, -0.15) is 30.7 Å². The third-order valence-electron chi connectivity index (χ3n) is 3.98. The Labute approximate surface area is 188 Å². The summed E-state index contributed by atoms with van der Waals surface area (Å²) in [4.78, 5) is 10.5. The maximum absolute atomic E-state index is 12.8. The fraction of sp³-hybridized carbons (Fsp3) is 0.333. The number of halogens is 7. The van der Waals surface area contributed by atoms with Crippen LogP contribution < -0.4 is 18.9 Å². The van der Waals surface area contributed by atoms with E-state index in [0.29, 0.717) is 0 Å². The van der Waals surface area contributed by atoms with Crippen molar-refractivity contribution in [1.82, 2.24) is 15.0 Å². The van der Waals surface area contributed by atoms with Crippen molar-refractivity contribution in [3.8, 4) is 23.0 Å². The van der Waals surface area contributed by atoms with E-state index in [9.17, 15) is 34.9 Å². The highest BCUT2D eigenvalue weighted by molar-refractivity contribution is 7.84. The first-order valence-electron chi connectivity index (χ1n) is 9.00. The van der Waals surface area contributed by atoms with E-state index in [1.54, 1.807) is 0 Å². The summed E-state index contributed by atoms with van der Waals surface area (Å²) in [5, 5.41) is -0.211. The molecule has 186 valence electrons. The van der Waals surface area contributed by atoms with E-state index in [1.807, 2.05) is 0 Å². The Balaban J connectivity index is 1.88. The van der Waals surface area contributed by atoms with Crippen molar-refractivity contribution < 1.29 is 53.9 Å². The SMILES string of the molecule is COc1c(OCC(F)(F)F)ccnc1CS(=O)c1nc2cc(OC(F)F)c(OC(F)F)cc2[nH]1. The van der Waals surface area contributed by atoms with E-state index in [1.165, 1.54) is 0 Å². The molecular weight excluding hydrogens is 503 g/mol. The van der Waals surface area contributed by atoms with Crippen LogP contribution in [0, 0.1) is 0 Å². The minimum atomic E-state index is -4.61. The molecule has 0 aliphatic heterocycles. The number of aromatic nitrogens is 3. The molecule has 0 bridgehead atoms. The largest absolute Gasteiger partial charge is 0.491 e. The van der Waals surface area contributed by atoms with E-state index in [2.05, 4.69) is 24.4 Å². The molecule has 3 aromatic rings. The van der Waals surface area contributed by atoms with Gasteiger partial charge >= 0.3 is 19.4 Å². The number of ether oxygens (including phenoxy) is 4. The number of benzene rings is 1. The van der Waals surface area contributed by atoms with Gasteiger partial charge in [0.05, 0.1) is 40.4 Å². The molecular formula is C18H14F7N3O5S. The van der Waals surface area contributed by atoms with Crippen LogP contribution in [-0.2, 0) is 16.6 Å². The number of nitrogens with zero attached hydrogens (tertiary/aromatic N) is 2. The van der Waals surface area contributed by atoms with Gasteiger partial charge in [-0.05, 0) is 0 Å². The van der Waals surface area contributed by atoms with Crippen molar-refractivity contribution in [3.63, 3.8) is 0 Å². The number of methoxy groups -OCH3 is 1. The van der Waals surface area contributed by atoms with Crippen molar-refractivity contribution in [2.45, 2.75) is 30.3 Å². The number of pyridine rings is 1. The molecule has 0 aliphatic carbocycles. The molecule has 8 nitrogen and oxygen atoms in total. The lowest BCUT2D eigenvalue weighted by Gasteiger charge is -2.14. The minimum Gasteiger partial charge on any atom is -0.491 e. The Morgan fingerprint density at radius 1 is 1.06 bits per heavy atom. The molecule has 2 heterocycles. The average molecular weight is 517 g/mol. The molecule has 16 heteroatoms. The van der Waals surface area contributed by atoms with E-state index in [0.717, 1.165) is 31.5 Å². The second-order valence-corrected chi connectivity index (χ2v) is 7.66. The zero-order chi connectivity index (χ0) is 25.0. The Morgan fingerprint density at radius 2 is 1.71 bits per heavy atom. The molecule has 2 aromatic heterocycles. The zero-order valence-corrected chi connectivity index (χ0v) is 17.7. The summed E-state index contributed by atoms with van der Waals surface area (Å²) in [7, 11) is -0.855. The van der Waals surface area contributed by atoms with Crippen molar-refractivity contribution in [3.05, 3.63) is 30.1 Å². The highest BCUT2D eigenvalue weighted by atomic mass is 32.2. The van der Waals surface area contributed by atoms with Crippen LogP contribution in [-0.4, -0.2) is 52.3 Å². The summed E-state index contributed by atoms with van der Waals surface area (Å²) in [5.41, 5.74) is -0.0602. The van der Waals surface area contributed by atoms with Gasteiger partial charge in [-0.3, -0.25) is 9.19 Å². The van der Waals surface area contributed by atoms with Crippen LogP contribution in [0.2, 0.25) is 0 Å². The maximum Gasteiger partial charge on any atom is 0.422 e. The van der Waals surface area contributed by atoms with Gasteiger partial charge in [0.1, 0.15) is 0 Å². The van der Waals surface area contributed by atoms with Crippen LogP contribution in [0.5, 0.6) is 23.0 Å². The topological polar surface area (TPSA) is 95.6 Å². The van der Waals surface area contributed by atoms with Crippen molar-refractivity contribution in [2.24, 2.45) is 0 Å². The van der Waals surface area contributed by atoms with Gasteiger partial charge in [-0.25, -0.2) is 4.98 Å². The van der Waals surface area contributed by atoms with Gasteiger partial charge in [-0.15, -0.1) is 0 Å². The summed E-state index contributed by atoms with van der Waals surface area (Å²) in [6.45, 7) is -8.26. The Kier molecular flexibility index (Phi) is 7.68. The van der Waals surface area contributed by atoms with E-state index in [4.69, 9.17) is 9.47 Å². The van der Waals surface area contributed by atoms with E-state index < -0.39 is 54.1 Å². The van der Waals surface area contributed by atoms with Crippen molar-refractivity contribution >= 4 is 21.8 Å². The van der Waals surface area contributed by atoms with Crippen LogP contribution in [0.3, 0.4) is 0 Å². The Hall–Kier alpha value is -3.30. The molecule has 1 unspecified atom stereocenters. The first kappa shape index (κ1) is 25.3. The summed E-state index contributed by atoms with van der Waals surface area (Å²) in [6.07, 6.45) is -3.48. The highest BCUT2D eigenvalue weighted by Crippen LogP contribution is 2.35. The molecule has 0 spiro atoms. The number of H-pyrrole nitrogens is 1. The summed E-state index contributed by atoms with van der Waals surface area (Å²) >= 11 is 0. The number of aromatic amines is 1. The third-order valence-corrected chi connectivity index (χ3v) is 5.14. The maximum atomic E-state index is 12.8. The summed E-state index contributed by atoms with van der Waals surface area (Å²) in [5.74, 6) is -2.29. The summed E-state index contributed by atoms with van der Waals surface area (Å²) < 4.78 is 119. The molecule has 0 fully saturated rings. The number of hydrogen-bond donors (Lipinski definition) is 1. The lowest BCUT2D eigenvalue weighted by atomic mass is 10.3. The Bertz CT molecular complexity index is 1130. The number of rotatable bonds is 10. The van der Waals surface area contributed by atoms with Gasteiger partial charge in [0.25, 0.3) is 0 Å². The second-order valence-electron chi connectivity index (χ2n) is 6.30. The summed E-state index contributed by atoms with van der Waals surface area (Å²) in [6, 6.07) is 2.94. The molecule has 0 saturated carbocycles. The van der Waals surface area contributed by atoms with Gasteiger partial charge < -0.3 is 23.9 Å². The first-order valence-corrected chi connectivity index (χ1v) is 10.3. The van der Waals surface area contributed by atoms with Gasteiger partial charge in [-0.1, -0.05) is 0 Å². The molecule has 1 N–H and O–H groups in total. The third kappa shape index (κ3) is 6.39. The average Bonchev–Trinajstić information content (AvgIpc) is 3.14. The lowest BCUT2D eigenvalue weighted by Crippen LogP contribution is -2.19. The molecule has 1 aromatic carbocycles. The number of alkyl halides is 7. The van der Waals surface area contributed by atoms with Gasteiger partial charge in [0.2, 0.25) is 0 Å². The highest BCUT2D eigenvalue weighted by Gasteiger charge is 2.29. The molecule has 1 atom stereocenters. The standard InChI is InChI=1S/C18H14F7N3O5S/c1-30-14-10(26-3-2-11(14)31-7-18(23,24)25)6-34(29)17-27-8-4-12(32-15(19)20)13(33-16(21)22)5-9(8)28-17/h2-5,15-16H,6-7H2,1H3,(H,27,28). The molecule has 0 saturated heterocycles. The molecule has 0 radical (unpaired) electrons. The predicted molar refractivity (Wildman–Crippen MR) is 102 cm³/mol. The van der Waals surface area contributed by atoms with Gasteiger partial charge in [0.15, 0.2) is 34.8 Å². The van der Waals surface area contributed by atoms with Crippen LogP contribution in [0.1, 0.15) is 5.69 Å². The smallest absolute Gasteiger partial charge is 0.422 e. The Morgan fingerprint density at radius 3 is 2.29 bits per heavy atom. The molecule has 34 heavy (non-hydrogen) atoms. The first-order chi connectivity index (χ1) is 16.0. The van der Waals surface area contributed by atoms with Crippen LogP contribution >= 0.6 is 0 Å². The monoisotopic (exact) mass is 517 g/mol. The number of nitrogens with one attached hydrogen (secondary N) is 1. The van der Waals surface area contributed by atoms with Crippen LogP contribution in [0.25, 0.3) is 11.0 Å². The normalized spacial score (nSPS) is 12.9. The van der Waals surface area contributed by atoms with Crippen LogP contribution in [0.4, 0.5) is 30.7 Å². The molecule has 0 aliphatic rings. The molecule has 0 amide bonds. The van der Waals surface area contributed by atoms with Crippen molar-refractivity contribution in [1.29, 1.82) is 0 Å². The number of hydrogen-bond acceptors (Lipinski definition) is 7. The van der Waals surface area contributed by atoms with Gasteiger partial charge in [0, 0.05) is 24.4 Å².